The lowest BCUT2D eigenvalue weighted by Crippen LogP contribution is -2.36. The Bertz CT molecular complexity index is 1410. The third kappa shape index (κ3) is 3.76. The van der Waals surface area contributed by atoms with Gasteiger partial charge in [0.2, 0.25) is 10.0 Å². The summed E-state index contributed by atoms with van der Waals surface area (Å²) in [6.07, 6.45) is 3.78. The van der Waals surface area contributed by atoms with Crippen molar-refractivity contribution < 1.29 is 22.8 Å². The normalized spacial score (nSPS) is 18.2. The molecule has 3 aromatic rings. The van der Waals surface area contributed by atoms with Gasteiger partial charge in [-0.1, -0.05) is 18.2 Å². The number of amides is 3. The molecule has 0 saturated carbocycles. The topological polar surface area (TPSA) is 120 Å². The fraction of sp³-hybridized carbons (Fsp3) is 0.261. The number of anilines is 1. The van der Waals surface area contributed by atoms with E-state index in [0.29, 0.717) is 30.6 Å². The number of urea groups is 1. The van der Waals surface area contributed by atoms with Crippen LogP contribution in [0.25, 0.3) is 10.9 Å². The quantitative estimate of drug-likeness (QED) is 0.424. The van der Waals surface area contributed by atoms with Gasteiger partial charge in [0, 0.05) is 35.6 Å². The van der Waals surface area contributed by atoms with E-state index in [0.717, 1.165) is 33.2 Å². The number of imide groups is 1. The Labute approximate surface area is 190 Å². The molecular formula is C23H22N4O5S. The average Bonchev–Trinajstić information content (AvgIpc) is 3.46. The van der Waals surface area contributed by atoms with Crippen LogP contribution in [0, 0.1) is 0 Å². The molecule has 0 unspecified atom stereocenters. The number of rotatable bonds is 6. The van der Waals surface area contributed by atoms with E-state index >= 15 is 0 Å². The molecule has 9 nitrogen and oxygen atoms in total. The molecule has 2 N–H and O–H groups in total. The number of hydrogen-bond donors (Lipinski definition) is 2. The van der Waals surface area contributed by atoms with Crippen LogP contribution in [0.1, 0.15) is 21.5 Å². The number of para-hydroxylation sites is 1. The highest BCUT2D eigenvalue weighted by atomic mass is 32.2. The third-order valence-electron chi connectivity index (χ3n) is 6.16. The number of Topliss-reactive ketones (excluding diaryl/α,β-unsaturated/α-hetero) is 1. The molecule has 0 radical (unpaired) electrons. The molecule has 170 valence electrons. The summed E-state index contributed by atoms with van der Waals surface area (Å²) >= 11 is 0. The number of ketones is 1. The molecular weight excluding hydrogens is 444 g/mol. The molecule has 1 fully saturated rings. The SMILES string of the molecule is CS(=O)(=O)N1CCc2cc(C(=O)CN3C(=O)N[C@H](Cc4c[nH]c5ccccc45)C3=O)ccc21. The molecule has 1 atom stereocenters. The molecule has 1 saturated heterocycles. The standard InChI is InChI=1S/C23H22N4O5S/c1-33(31,32)27-9-8-14-10-15(6-7-20(14)27)21(28)13-26-22(29)19(25-23(26)30)11-16-12-24-18-5-3-2-4-17(16)18/h2-7,10,12,19,24H,8-9,11,13H2,1H3,(H,25,30)/t19-/m1/s1. The number of carbonyl (C=O) groups excluding carboxylic acids is 3. The first-order valence-electron chi connectivity index (χ1n) is 10.5. The van der Waals surface area contributed by atoms with Crippen molar-refractivity contribution in [3.63, 3.8) is 0 Å². The van der Waals surface area contributed by atoms with Gasteiger partial charge in [-0.05, 0) is 41.8 Å². The van der Waals surface area contributed by atoms with Gasteiger partial charge >= 0.3 is 6.03 Å². The first kappa shape index (κ1) is 21.2. The van der Waals surface area contributed by atoms with Gasteiger partial charge in [-0.2, -0.15) is 0 Å². The second kappa shape index (κ2) is 7.73. The van der Waals surface area contributed by atoms with Gasteiger partial charge in [0.15, 0.2) is 5.78 Å². The van der Waals surface area contributed by atoms with Crippen molar-refractivity contribution >= 4 is 44.3 Å². The van der Waals surface area contributed by atoms with Crippen molar-refractivity contribution in [2.24, 2.45) is 0 Å². The van der Waals surface area contributed by atoms with Crippen LogP contribution in [0.4, 0.5) is 10.5 Å². The molecule has 1 aromatic heterocycles. The Kier molecular flexibility index (Phi) is 4.97. The molecule has 5 rings (SSSR count). The number of nitrogens with zero attached hydrogens (tertiary/aromatic N) is 2. The smallest absolute Gasteiger partial charge is 0.325 e. The summed E-state index contributed by atoms with van der Waals surface area (Å²) in [5.41, 5.74) is 3.50. The predicted molar refractivity (Wildman–Crippen MR) is 123 cm³/mol. The van der Waals surface area contributed by atoms with E-state index in [-0.39, 0.29) is 12.3 Å². The lowest BCUT2D eigenvalue weighted by atomic mass is 10.0. The van der Waals surface area contributed by atoms with E-state index in [1.165, 1.54) is 10.4 Å². The average molecular weight is 467 g/mol. The molecule has 3 heterocycles. The summed E-state index contributed by atoms with van der Waals surface area (Å²) in [6, 6.07) is 11.1. The number of carbonyl (C=O) groups is 3. The maximum atomic E-state index is 12.9. The fourth-order valence-corrected chi connectivity index (χ4v) is 5.47. The maximum Gasteiger partial charge on any atom is 0.325 e. The van der Waals surface area contributed by atoms with Crippen LogP contribution in [0.3, 0.4) is 0 Å². The van der Waals surface area contributed by atoms with Crippen molar-refractivity contribution in [3.05, 3.63) is 65.4 Å². The van der Waals surface area contributed by atoms with Crippen LogP contribution in [-0.4, -0.2) is 61.4 Å². The number of hydrogen-bond acceptors (Lipinski definition) is 5. The highest BCUT2D eigenvalue weighted by Crippen LogP contribution is 2.31. The van der Waals surface area contributed by atoms with Gasteiger partial charge < -0.3 is 10.3 Å². The predicted octanol–water partition coefficient (Wildman–Crippen LogP) is 1.84. The highest BCUT2D eigenvalue weighted by molar-refractivity contribution is 7.92. The van der Waals surface area contributed by atoms with Gasteiger partial charge in [0.25, 0.3) is 5.91 Å². The molecule has 33 heavy (non-hydrogen) atoms. The Morgan fingerprint density at radius 2 is 1.94 bits per heavy atom. The Morgan fingerprint density at radius 3 is 2.73 bits per heavy atom. The van der Waals surface area contributed by atoms with Crippen molar-refractivity contribution in [2.75, 3.05) is 23.7 Å². The molecule has 0 aliphatic carbocycles. The zero-order valence-corrected chi connectivity index (χ0v) is 18.7. The Balaban J connectivity index is 1.30. The number of nitrogens with one attached hydrogen (secondary N) is 2. The molecule has 2 aliphatic heterocycles. The Morgan fingerprint density at radius 1 is 1.15 bits per heavy atom. The van der Waals surface area contributed by atoms with Crippen LogP contribution < -0.4 is 9.62 Å². The molecule has 3 amide bonds. The fourth-order valence-electron chi connectivity index (χ4n) is 4.51. The van der Waals surface area contributed by atoms with E-state index in [2.05, 4.69) is 10.3 Å². The number of fused-ring (bicyclic) bond motifs is 2. The van der Waals surface area contributed by atoms with Crippen LogP contribution in [-0.2, 0) is 27.7 Å². The minimum atomic E-state index is -3.38. The summed E-state index contributed by atoms with van der Waals surface area (Å²) in [5.74, 6) is -0.824. The first-order chi connectivity index (χ1) is 15.7. The van der Waals surface area contributed by atoms with Crippen LogP contribution >= 0.6 is 0 Å². The minimum Gasteiger partial charge on any atom is -0.361 e. The number of aromatic nitrogens is 1. The monoisotopic (exact) mass is 466 g/mol. The molecule has 2 aromatic carbocycles. The second-order valence-electron chi connectivity index (χ2n) is 8.34. The molecule has 10 heteroatoms. The van der Waals surface area contributed by atoms with Gasteiger partial charge in [0.05, 0.1) is 18.5 Å². The summed E-state index contributed by atoms with van der Waals surface area (Å²) < 4.78 is 25.1. The zero-order chi connectivity index (χ0) is 23.3. The van der Waals surface area contributed by atoms with E-state index in [1.54, 1.807) is 12.1 Å². The largest absolute Gasteiger partial charge is 0.361 e. The van der Waals surface area contributed by atoms with E-state index < -0.39 is 28.0 Å². The van der Waals surface area contributed by atoms with E-state index in [9.17, 15) is 22.8 Å². The second-order valence-corrected chi connectivity index (χ2v) is 10.2. The zero-order valence-electron chi connectivity index (χ0n) is 17.9. The molecule has 2 aliphatic rings. The van der Waals surface area contributed by atoms with Crippen molar-refractivity contribution in [1.82, 2.24) is 15.2 Å². The number of benzene rings is 2. The van der Waals surface area contributed by atoms with Crippen LogP contribution in [0.2, 0.25) is 0 Å². The van der Waals surface area contributed by atoms with Gasteiger partial charge in [-0.25, -0.2) is 13.2 Å². The third-order valence-corrected chi connectivity index (χ3v) is 7.34. The summed E-state index contributed by atoms with van der Waals surface area (Å²) in [6.45, 7) is -0.0437. The van der Waals surface area contributed by atoms with Crippen molar-refractivity contribution in [1.29, 1.82) is 0 Å². The van der Waals surface area contributed by atoms with Gasteiger partial charge in [0.1, 0.15) is 6.04 Å². The van der Waals surface area contributed by atoms with E-state index in [1.807, 2.05) is 30.5 Å². The summed E-state index contributed by atoms with van der Waals surface area (Å²) in [4.78, 5) is 42.3. The summed E-state index contributed by atoms with van der Waals surface area (Å²) in [5, 5.41) is 3.66. The minimum absolute atomic E-state index is 0.319. The molecule has 0 spiro atoms. The number of H-pyrrole nitrogens is 1. The first-order valence-corrected chi connectivity index (χ1v) is 12.4. The highest BCUT2D eigenvalue weighted by Gasteiger charge is 2.39. The van der Waals surface area contributed by atoms with Crippen LogP contribution in [0.5, 0.6) is 0 Å². The van der Waals surface area contributed by atoms with Crippen molar-refractivity contribution in [3.8, 4) is 0 Å². The van der Waals surface area contributed by atoms with Gasteiger partial charge in [-0.15, -0.1) is 0 Å². The lowest BCUT2D eigenvalue weighted by Gasteiger charge is -2.17. The molecule has 0 bridgehead atoms. The number of aromatic amines is 1. The Hall–Kier alpha value is -3.66. The van der Waals surface area contributed by atoms with Crippen molar-refractivity contribution in [2.45, 2.75) is 18.9 Å². The lowest BCUT2D eigenvalue weighted by molar-refractivity contribution is -0.127. The maximum absolute atomic E-state index is 12.9. The van der Waals surface area contributed by atoms with Crippen LogP contribution in [0.15, 0.2) is 48.7 Å². The summed E-state index contributed by atoms with van der Waals surface area (Å²) in [7, 11) is -3.38. The van der Waals surface area contributed by atoms with E-state index in [4.69, 9.17) is 0 Å². The van der Waals surface area contributed by atoms with Gasteiger partial charge in [-0.3, -0.25) is 18.8 Å². The number of sulfonamides is 1.